The molecule has 0 radical (unpaired) electrons. The summed E-state index contributed by atoms with van der Waals surface area (Å²) < 4.78 is 26.2. The number of amides is 1. The number of carbonyl (C=O) groups is 1. The van der Waals surface area contributed by atoms with Gasteiger partial charge < -0.3 is 14.4 Å². The summed E-state index contributed by atoms with van der Waals surface area (Å²) >= 11 is 1.33. The lowest BCUT2D eigenvalue weighted by Gasteiger charge is -2.29. The van der Waals surface area contributed by atoms with Crippen LogP contribution in [0, 0.1) is 5.82 Å². The van der Waals surface area contributed by atoms with Crippen molar-refractivity contribution < 1.29 is 18.7 Å². The van der Waals surface area contributed by atoms with Crippen molar-refractivity contribution in [3.63, 3.8) is 0 Å². The van der Waals surface area contributed by atoms with Gasteiger partial charge in [0, 0.05) is 18.0 Å². The minimum Gasteiger partial charge on any atom is -0.486 e. The third-order valence-corrected chi connectivity index (χ3v) is 6.38. The Balaban J connectivity index is 1.33. The van der Waals surface area contributed by atoms with Gasteiger partial charge >= 0.3 is 0 Å². The van der Waals surface area contributed by atoms with Crippen molar-refractivity contribution in [1.82, 2.24) is 14.5 Å². The SMILES string of the molecule is CN(CC1COc2ccccc2O1)C(=O)Cn1cnc2scc(-c3ccc(F)cc3)c2c1=O. The highest BCUT2D eigenvalue weighted by Crippen LogP contribution is 2.32. The molecule has 2 aromatic heterocycles. The second-order valence-electron chi connectivity index (χ2n) is 7.79. The Bertz CT molecular complexity index is 1380. The molecule has 0 bridgehead atoms. The highest BCUT2D eigenvalue weighted by molar-refractivity contribution is 7.17. The molecule has 0 fully saturated rings. The first kappa shape index (κ1) is 21.1. The van der Waals surface area contributed by atoms with Gasteiger partial charge in [-0.1, -0.05) is 24.3 Å². The van der Waals surface area contributed by atoms with Crippen LogP contribution in [0.1, 0.15) is 0 Å². The predicted octanol–water partition coefficient (Wildman–Crippen LogP) is 3.56. The zero-order valence-electron chi connectivity index (χ0n) is 17.7. The number of hydrogen-bond donors (Lipinski definition) is 0. The number of fused-ring (bicyclic) bond motifs is 2. The first-order chi connectivity index (χ1) is 16.0. The number of carbonyl (C=O) groups excluding carboxylic acids is 1. The molecule has 168 valence electrons. The maximum Gasteiger partial charge on any atom is 0.263 e. The van der Waals surface area contributed by atoms with Gasteiger partial charge in [0.15, 0.2) is 17.6 Å². The fourth-order valence-electron chi connectivity index (χ4n) is 3.75. The number of ether oxygens (including phenoxy) is 2. The molecule has 9 heteroatoms. The summed E-state index contributed by atoms with van der Waals surface area (Å²) in [5, 5.41) is 2.24. The summed E-state index contributed by atoms with van der Waals surface area (Å²) in [6, 6.07) is 13.3. The lowest BCUT2D eigenvalue weighted by Crippen LogP contribution is -2.43. The van der Waals surface area contributed by atoms with Gasteiger partial charge in [0.1, 0.15) is 23.8 Å². The number of aromatic nitrogens is 2. The third-order valence-electron chi connectivity index (χ3n) is 5.49. The molecule has 0 saturated heterocycles. The molecule has 0 N–H and O–H groups in total. The van der Waals surface area contributed by atoms with E-state index in [1.807, 2.05) is 29.6 Å². The second kappa shape index (κ2) is 8.67. The zero-order valence-corrected chi connectivity index (χ0v) is 18.5. The molecule has 1 unspecified atom stereocenters. The van der Waals surface area contributed by atoms with E-state index in [9.17, 15) is 14.0 Å². The molecule has 0 spiro atoms. The van der Waals surface area contributed by atoms with Crippen LogP contribution in [0.2, 0.25) is 0 Å². The molecule has 0 aliphatic carbocycles. The molecular weight excluding hydrogens is 445 g/mol. The molecule has 1 aliphatic rings. The van der Waals surface area contributed by atoms with Gasteiger partial charge in [-0.25, -0.2) is 9.37 Å². The monoisotopic (exact) mass is 465 g/mol. The maximum atomic E-state index is 13.3. The van der Waals surface area contributed by atoms with Gasteiger partial charge in [-0.15, -0.1) is 11.3 Å². The average molecular weight is 466 g/mol. The standard InChI is InChI=1S/C24H20FN3O4S/c1-27(10-17-12-31-19-4-2-3-5-20(19)32-17)21(29)11-28-14-26-23-22(24(28)30)18(13-33-23)15-6-8-16(25)9-7-15/h2-9,13-14,17H,10-12H2,1H3. The van der Waals surface area contributed by atoms with Crippen LogP contribution >= 0.6 is 11.3 Å². The van der Waals surface area contributed by atoms with Crippen molar-refractivity contribution in [2.45, 2.75) is 12.6 Å². The van der Waals surface area contributed by atoms with Crippen molar-refractivity contribution in [2.75, 3.05) is 20.2 Å². The Hall–Kier alpha value is -3.72. The van der Waals surface area contributed by atoms with Crippen LogP contribution in [-0.2, 0) is 11.3 Å². The summed E-state index contributed by atoms with van der Waals surface area (Å²) in [4.78, 5) is 32.5. The lowest BCUT2D eigenvalue weighted by molar-refractivity contribution is -0.132. The van der Waals surface area contributed by atoms with Crippen LogP contribution in [0.5, 0.6) is 11.5 Å². The lowest BCUT2D eigenvalue weighted by atomic mass is 10.1. The number of benzene rings is 2. The van der Waals surface area contributed by atoms with Crippen LogP contribution in [0.15, 0.2) is 65.0 Å². The fraction of sp³-hybridized carbons (Fsp3) is 0.208. The summed E-state index contributed by atoms with van der Waals surface area (Å²) in [6.07, 6.45) is 1.07. The summed E-state index contributed by atoms with van der Waals surface area (Å²) in [7, 11) is 1.66. The Morgan fingerprint density at radius 2 is 1.97 bits per heavy atom. The highest BCUT2D eigenvalue weighted by atomic mass is 32.1. The fourth-order valence-corrected chi connectivity index (χ4v) is 4.66. The molecule has 2 aromatic carbocycles. The topological polar surface area (TPSA) is 73.7 Å². The van der Waals surface area contributed by atoms with Crippen molar-refractivity contribution in [3.05, 3.63) is 76.4 Å². The zero-order chi connectivity index (χ0) is 22.9. The van der Waals surface area contributed by atoms with Gasteiger partial charge in [0.05, 0.1) is 18.3 Å². The van der Waals surface area contributed by atoms with Crippen LogP contribution in [0.25, 0.3) is 21.3 Å². The Labute approximate surface area is 192 Å². The summed E-state index contributed by atoms with van der Waals surface area (Å²) in [5.41, 5.74) is 1.08. The van der Waals surface area contributed by atoms with Crippen molar-refractivity contribution >= 4 is 27.5 Å². The van der Waals surface area contributed by atoms with Crippen LogP contribution < -0.4 is 15.0 Å². The van der Waals surface area contributed by atoms with E-state index in [2.05, 4.69) is 4.98 Å². The van der Waals surface area contributed by atoms with E-state index in [0.29, 0.717) is 40.4 Å². The third kappa shape index (κ3) is 4.19. The van der Waals surface area contributed by atoms with E-state index in [1.165, 1.54) is 39.3 Å². The maximum absolute atomic E-state index is 13.3. The molecule has 4 aromatic rings. The Kier molecular flexibility index (Phi) is 5.55. The van der Waals surface area contributed by atoms with Crippen LogP contribution in [0.4, 0.5) is 4.39 Å². The Morgan fingerprint density at radius 3 is 2.76 bits per heavy atom. The van der Waals surface area contributed by atoms with Gasteiger partial charge in [-0.05, 0) is 29.8 Å². The second-order valence-corrected chi connectivity index (χ2v) is 8.64. The smallest absolute Gasteiger partial charge is 0.263 e. The normalized spacial score (nSPS) is 14.9. The summed E-state index contributed by atoms with van der Waals surface area (Å²) in [6.45, 7) is 0.496. The molecule has 1 amide bonds. The molecule has 3 heterocycles. The largest absolute Gasteiger partial charge is 0.486 e. The molecular formula is C24H20FN3O4S. The van der Waals surface area contributed by atoms with Crippen molar-refractivity contribution in [2.24, 2.45) is 0 Å². The first-order valence-electron chi connectivity index (χ1n) is 10.3. The number of thiophene rings is 1. The molecule has 1 atom stereocenters. The van der Waals surface area contributed by atoms with E-state index in [4.69, 9.17) is 9.47 Å². The van der Waals surface area contributed by atoms with E-state index < -0.39 is 0 Å². The molecule has 5 rings (SSSR count). The number of halogens is 1. The van der Waals surface area contributed by atoms with Crippen LogP contribution in [-0.4, -0.2) is 46.7 Å². The summed E-state index contributed by atoms with van der Waals surface area (Å²) in [5.74, 6) is 0.727. The minimum absolute atomic E-state index is 0.152. The average Bonchev–Trinajstić information content (AvgIpc) is 3.26. The number of hydrogen-bond acceptors (Lipinski definition) is 6. The Morgan fingerprint density at radius 1 is 1.21 bits per heavy atom. The highest BCUT2D eigenvalue weighted by Gasteiger charge is 2.24. The van der Waals surface area contributed by atoms with Crippen LogP contribution in [0.3, 0.4) is 0 Å². The molecule has 7 nitrogen and oxygen atoms in total. The number of rotatable bonds is 5. The van der Waals surface area contributed by atoms with E-state index in [0.717, 1.165) is 5.56 Å². The van der Waals surface area contributed by atoms with Gasteiger partial charge in [-0.3, -0.25) is 14.2 Å². The first-order valence-corrected chi connectivity index (χ1v) is 11.2. The van der Waals surface area contributed by atoms with Gasteiger partial charge in [0.2, 0.25) is 5.91 Å². The quantitative estimate of drug-likeness (QED) is 0.451. The number of para-hydroxylation sites is 2. The van der Waals surface area contributed by atoms with Crippen molar-refractivity contribution in [1.29, 1.82) is 0 Å². The number of likely N-dealkylation sites (N-methyl/N-ethyl adjacent to an activating group) is 1. The minimum atomic E-state index is -0.349. The van der Waals surface area contributed by atoms with E-state index in [-0.39, 0.29) is 29.9 Å². The molecule has 0 saturated carbocycles. The molecule has 1 aliphatic heterocycles. The van der Waals surface area contributed by atoms with E-state index in [1.54, 1.807) is 19.2 Å². The molecule has 33 heavy (non-hydrogen) atoms. The van der Waals surface area contributed by atoms with E-state index >= 15 is 0 Å². The van der Waals surface area contributed by atoms with Gasteiger partial charge in [-0.2, -0.15) is 0 Å². The number of nitrogens with zero attached hydrogens (tertiary/aromatic N) is 3. The van der Waals surface area contributed by atoms with Crippen molar-refractivity contribution in [3.8, 4) is 22.6 Å². The van der Waals surface area contributed by atoms with Gasteiger partial charge in [0.25, 0.3) is 5.56 Å². The predicted molar refractivity (Wildman–Crippen MR) is 123 cm³/mol.